The molecule has 1 aromatic carbocycles. The maximum Gasteiger partial charge on any atom is 0.189 e. The van der Waals surface area contributed by atoms with Gasteiger partial charge in [-0.1, -0.05) is 24.3 Å². The van der Waals surface area contributed by atoms with E-state index in [1.165, 1.54) is 23.3 Å². The smallest absolute Gasteiger partial charge is 0.189 e. The van der Waals surface area contributed by atoms with Gasteiger partial charge in [-0.05, 0) is 49.4 Å². The fraction of sp³-hybridized carbons (Fsp3) is 0.476. The molecule has 1 saturated heterocycles. The number of fused-ring (bicyclic) bond motifs is 1. The minimum atomic E-state index is 0. The molecule has 0 saturated carbocycles. The second kappa shape index (κ2) is 10.5. The Morgan fingerprint density at radius 1 is 1.18 bits per heavy atom. The van der Waals surface area contributed by atoms with E-state index in [-0.39, 0.29) is 30.0 Å². The second-order valence-electron chi connectivity index (χ2n) is 7.40. The summed E-state index contributed by atoms with van der Waals surface area (Å²) < 4.78 is 5.71. The van der Waals surface area contributed by atoms with Crippen LogP contribution in [0.2, 0.25) is 0 Å². The molecule has 3 heterocycles. The average molecular weight is 512 g/mol. The van der Waals surface area contributed by atoms with Crippen LogP contribution in [0.4, 0.5) is 0 Å². The van der Waals surface area contributed by atoms with E-state index in [4.69, 9.17) is 10.5 Å². The van der Waals surface area contributed by atoms with Crippen LogP contribution in [0.3, 0.4) is 0 Å². The maximum absolute atomic E-state index is 6.19. The number of nitrogens with one attached hydrogen (secondary N) is 1. The van der Waals surface area contributed by atoms with Gasteiger partial charge < -0.3 is 15.8 Å². The Morgan fingerprint density at radius 3 is 2.79 bits per heavy atom. The van der Waals surface area contributed by atoms with Crippen molar-refractivity contribution in [2.24, 2.45) is 16.6 Å². The zero-order valence-corrected chi connectivity index (χ0v) is 19.2. The van der Waals surface area contributed by atoms with E-state index in [1.54, 1.807) is 0 Å². The summed E-state index contributed by atoms with van der Waals surface area (Å²) in [6.45, 7) is 4.92. The van der Waals surface area contributed by atoms with Gasteiger partial charge in [-0.2, -0.15) is 0 Å². The Hall–Kier alpha value is -1.32. The maximum atomic E-state index is 6.19. The highest BCUT2D eigenvalue weighted by molar-refractivity contribution is 14.0. The van der Waals surface area contributed by atoms with Crippen LogP contribution in [0.15, 0.2) is 46.8 Å². The van der Waals surface area contributed by atoms with Crippen molar-refractivity contribution in [2.75, 3.05) is 26.2 Å². The monoisotopic (exact) mass is 512 g/mol. The lowest BCUT2D eigenvalue weighted by Crippen LogP contribution is -2.38. The van der Waals surface area contributed by atoms with Gasteiger partial charge in [-0.25, -0.2) is 0 Å². The predicted octanol–water partition coefficient (Wildman–Crippen LogP) is 4.01. The fourth-order valence-electron chi connectivity index (χ4n) is 3.89. The van der Waals surface area contributed by atoms with E-state index in [0.29, 0.717) is 18.5 Å². The first kappa shape index (κ1) is 21.4. The van der Waals surface area contributed by atoms with Crippen molar-refractivity contribution in [3.63, 3.8) is 0 Å². The molecule has 5 nitrogen and oxygen atoms in total. The van der Waals surface area contributed by atoms with Crippen molar-refractivity contribution in [3.05, 3.63) is 52.2 Å². The summed E-state index contributed by atoms with van der Waals surface area (Å²) in [6, 6.07) is 12.7. The van der Waals surface area contributed by atoms with Gasteiger partial charge in [-0.3, -0.25) is 9.89 Å². The van der Waals surface area contributed by atoms with E-state index in [0.717, 1.165) is 38.3 Å². The van der Waals surface area contributed by atoms with Gasteiger partial charge in [0.25, 0.3) is 0 Å². The van der Waals surface area contributed by atoms with Crippen molar-refractivity contribution < 1.29 is 4.74 Å². The summed E-state index contributed by atoms with van der Waals surface area (Å²) in [5.41, 5.74) is 7.36. The molecule has 2 aliphatic heterocycles. The zero-order valence-electron chi connectivity index (χ0n) is 16.0. The topological polar surface area (TPSA) is 62.9 Å². The van der Waals surface area contributed by atoms with Crippen LogP contribution < -0.4 is 15.8 Å². The highest BCUT2D eigenvalue weighted by Crippen LogP contribution is 2.31. The number of piperidine rings is 1. The Labute approximate surface area is 188 Å². The number of rotatable bonds is 5. The van der Waals surface area contributed by atoms with Crippen molar-refractivity contribution in [1.29, 1.82) is 0 Å². The van der Waals surface area contributed by atoms with Crippen LogP contribution in [-0.4, -0.2) is 37.1 Å². The first-order chi connectivity index (χ1) is 13.3. The summed E-state index contributed by atoms with van der Waals surface area (Å²) in [5, 5.41) is 5.55. The average Bonchev–Trinajstić information content (AvgIpc) is 3.21. The lowest BCUT2D eigenvalue weighted by atomic mass is 9.97. The number of guanidine groups is 1. The molecule has 28 heavy (non-hydrogen) atoms. The summed E-state index contributed by atoms with van der Waals surface area (Å²) in [5.74, 6) is 2.14. The lowest BCUT2D eigenvalue weighted by Gasteiger charge is -2.31. The van der Waals surface area contributed by atoms with Gasteiger partial charge in [-0.15, -0.1) is 35.3 Å². The van der Waals surface area contributed by atoms with E-state index in [9.17, 15) is 0 Å². The van der Waals surface area contributed by atoms with Crippen LogP contribution in [0.1, 0.15) is 35.7 Å². The molecule has 0 bridgehead atoms. The molecular weight excluding hydrogens is 483 g/mol. The fourth-order valence-corrected chi connectivity index (χ4v) is 4.64. The van der Waals surface area contributed by atoms with Gasteiger partial charge >= 0.3 is 0 Å². The number of benzene rings is 1. The Bertz CT molecular complexity index is 760. The molecule has 3 N–H and O–H groups in total. The molecule has 2 aliphatic rings. The summed E-state index contributed by atoms with van der Waals surface area (Å²) in [4.78, 5) is 8.65. The van der Waals surface area contributed by atoms with E-state index < -0.39 is 0 Å². The molecule has 1 atom stereocenters. The highest BCUT2D eigenvalue weighted by Gasteiger charge is 2.22. The van der Waals surface area contributed by atoms with Crippen molar-refractivity contribution in [3.8, 4) is 5.75 Å². The number of aliphatic imine (C=N–C) groups is 1. The van der Waals surface area contributed by atoms with Crippen molar-refractivity contribution >= 4 is 41.3 Å². The number of thiophene rings is 1. The van der Waals surface area contributed by atoms with Gasteiger partial charge in [0.15, 0.2) is 5.96 Å². The number of nitrogens with zero attached hydrogens (tertiary/aromatic N) is 2. The summed E-state index contributed by atoms with van der Waals surface area (Å²) in [7, 11) is 0. The van der Waals surface area contributed by atoms with Crippen LogP contribution in [-0.2, 0) is 6.54 Å². The third-order valence-corrected chi connectivity index (χ3v) is 6.33. The van der Waals surface area contributed by atoms with Gasteiger partial charge in [0.1, 0.15) is 5.75 Å². The molecule has 1 fully saturated rings. The Balaban J connectivity index is 0.00000225. The standard InChI is InChI=1S/C21H28N4OS.HI/c22-21(24-19-9-12-26-20-6-2-1-5-18(19)20)23-14-16-7-10-25(11-8-16)15-17-4-3-13-27-17;/h1-6,13,16,19H,7-12,14-15H2,(H3,22,23,24);1H. The van der Waals surface area contributed by atoms with E-state index in [2.05, 4.69) is 38.8 Å². The number of ether oxygens (including phenoxy) is 1. The van der Waals surface area contributed by atoms with Crippen LogP contribution >= 0.6 is 35.3 Å². The molecule has 152 valence electrons. The minimum absolute atomic E-state index is 0. The van der Waals surface area contributed by atoms with Crippen LogP contribution in [0, 0.1) is 5.92 Å². The number of nitrogens with two attached hydrogens (primary N) is 1. The second-order valence-corrected chi connectivity index (χ2v) is 8.43. The molecule has 1 unspecified atom stereocenters. The molecule has 2 aromatic rings. The third kappa shape index (κ3) is 5.61. The number of halogens is 1. The van der Waals surface area contributed by atoms with Crippen molar-refractivity contribution in [2.45, 2.75) is 31.8 Å². The predicted molar refractivity (Wildman–Crippen MR) is 127 cm³/mol. The Kier molecular flexibility index (Phi) is 7.99. The Morgan fingerprint density at radius 2 is 2.00 bits per heavy atom. The number of hydrogen-bond donors (Lipinski definition) is 2. The molecule has 0 amide bonds. The zero-order chi connectivity index (χ0) is 18.5. The van der Waals surface area contributed by atoms with Crippen LogP contribution in [0.5, 0.6) is 5.75 Å². The third-order valence-electron chi connectivity index (χ3n) is 5.47. The number of hydrogen-bond acceptors (Lipinski definition) is 4. The first-order valence-electron chi connectivity index (χ1n) is 9.81. The van der Waals surface area contributed by atoms with Gasteiger partial charge in [0.05, 0.1) is 12.6 Å². The first-order valence-corrected chi connectivity index (χ1v) is 10.7. The highest BCUT2D eigenvalue weighted by atomic mass is 127. The summed E-state index contributed by atoms with van der Waals surface area (Å²) in [6.07, 6.45) is 3.30. The summed E-state index contributed by atoms with van der Waals surface area (Å²) >= 11 is 1.85. The quantitative estimate of drug-likeness (QED) is 0.361. The number of likely N-dealkylation sites (tertiary alicyclic amines) is 1. The molecule has 4 rings (SSSR count). The van der Waals surface area contributed by atoms with Crippen LogP contribution in [0.25, 0.3) is 0 Å². The molecule has 0 aliphatic carbocycles. The molecule has 1 aromatic heterocycles. The molecular formula is C21H29IN4OS. The lowest BCUT2D eigenvalue weighted by molar-refractivity contribution is 0.182. The largest absolute Gasteiger partial charge is 0.493 e. The van der Waals surface area contributed by atoms with E-state index in [1.807, 2.05) is 29.5 Å². The molecule has 7 heteroatoms. The number of para-hydroxylation sites is 1. The SMILES string of the molecule is I.NC(=NCC1CCN(Cc2cccs2)CC1)NC1CCOc2ccccc21. The van der Waals surface area contributed by atoms with Crippen molar-refractivity contribution in [1.82, 2.24) is 10.2 Å². The van der Waals surface area contributed by atoms with E-state index >= 15 is 0 Å². The van der Waals surface area contributed by atoms with Gasteiger partial charge in [0, 0.05) is 30.0 Å². The minimum Gasteiger partial charge on any atom is -0.493 e. The van der Waals surface area contributed by atoms with Gasteiger partial charge in [0.2, 0.25) is 0 Å². The normalized spacial score (nSPS) is 20.7. The molecule has 0 radical (unpaired) electrons. The molecule has 0 spiro atoms.